The van der Waals surface area contributed by atoms with Gasteiger partial charge in [-0.15, -0.1) is 0 Å². The highest BCUT2D eigenvalue weighted by Crippen LogP contribution is 2.40. The SMILES string of the molecule is O=C(O)c1cnc(C(F)(F)F)c(C(=O)O)c1C1CCCCC1. The lowest BCUT2D eigenvalue weighted by Gasteiger charge is -2.26. The van der Waals surface area contributed by atoms with Crippen molar-refractivity contribution in [2.24, 2.45) is 0 Å². The van der Waals surface area contributed by atoms with Crippen molar-refractivity contribution in [1.82, 2.24) is 4.98 Å². The fraction of sp³-hybridized carbons (Fsp3) is 0.500. The number of rotatable bonds is 3. The van der Waals surface area contributed by atoms with E-state index in [4.69, 9.17) is 0 Å². The number of aromatic carboxylic acids is 2. The number of carboxylic acids is 2. The smallest absolute Gasteiger partial charge is 0.434 e. The highest BCUT2D eigenvalue weighted by Gasteiger charge is 2.41. The molecule has 1 aromatic rings. The zero-order chi connectivity index (χ0) is 16.5. The summed E-state index contributed by atoms with van der Waals surface area (Å²) in [6.07, 6.45) is -1.03. The summed E-state index contributed by atoms with van der Waals surface area (Å²) >= 11 is 0. The zero-order valence-corrected chi connectivity index (χ0v) is 11.5. The lowest BCUT2D eigenvalue weighted by atomic mass is 9.80. The average molecular weight is 317 g/mol. The zero-order valence-electron chi connectivity index (χ0n) is 11.5. The van der Waals surface area contributed by atoms with Crippen molar-refractivity contribution in [3.63, 3.8) is 0 Å². The van der Waals surface area contributed by atoms with Gasteiger partial charge in [0.05, 0.1) is 11.1 Å². The number of aromatic nitrogens is 1. The summed E-state index contributed by atoms with van der Waals surface area (Å²) in [5, 5.41) is 18.4. The predicted molar refractivity (Wildman–Crippen MR) is 69.0 cm³/mol. The Labute approximate surface area is 123 Å². The molecule has 22 heavy (non-hydrogen) atoms. The van der Waals surface area contributed by atoms with E-state index >= 15 is 0 Å². The Morgan fingerprint density at radius 1 is 1.09 bits per heavy atom. The van der Waals surface area contributed by atoms with Gasteiger partial charge in [0.1, 0.15) is 0 Å². The summed E-state index contributed by atoms with van der Waals surface area (Å²) in [5.41, 5.74) is -3.27. The Balaban J connectivity index is 2.73. The standard InChI is InChI=1S/C14H14F3NO4/c15-14(16,17)11-10(13(21)22)9(7-4-2-1-3-5-7)8(6-18-11)12(19)20/h6-7H,1-5H2,(H,19,20)(H,21,22). The number of nitrogens with zero attached hydrogens (tertiary/aromatic N) is 1. The second-order valence-corrected chi connectivity index (χ2v) is 5.25. The van der Waals surface area contributed by atoms with Crippen LogP contribution in [0.2, 0.25) is 0 Å². The average Bonchev–Trinajstić information content (AvgIpc) is 2.45. The summed E-state index contributed by atoms with van der Waals surface area (Å²) in [6, 6.07) is 0. The molecule has 1 aromatic heterocycles. The molecule has 0 radical (unpaired) electrons. The van der Waals surface area contributed by atoms with Crippen LogP contribution in [-0.2, 0) is 6.18 Å². The molecule has 1 aliphatic carbocycles. The van der Waals surface area contributed by atoms with Gasteiger partial charge < -0.3 is 10.2 Å². The Bertz CT molecular complexity index is 607. The minimum Gasteiger partial charge on any atom is -0.478 e. The van der Waals surface area contributed by atoms with Crippen molar-refractivity contribution in [2.75, 3.05) is 0 Å². The molecule has 120 valence electrons. The molecule has 0 atom stereocenters. The van der Waals surface area contributed by atoms with Gasteiger partial charge in [-0.1, -0.05) is 19.3 Å². The summed E-state index contributed by atoms with van der Waals surface area (Å²) in [5.74, 6) is -3.78. The van der Waals surface area contributed by atoms with Gasteiger partial charge >= 0.3 is 18.1 Å². The van der Waals surface area contributed by atoms with E-state index in [1.165, 1.54) is 0 Å². The van der Waals surface area contributed by atoms with Gasteiger partial charge in [-0.25, -0.2) is 9.59 Å². The third kappa shape index (κ3) is 3.05. The maximum absolute atomic E-state index is 13.0. The normalized spacial score (nSPS) is 16.5. The summed E-state index contributed by atoms with van der Waals surface area (Å²) < 4.78 is 39.0. The lowest BCUT2D eigenvalue weighted by Crippen LogP contribution is -2.23. The van der Waals surface area contributed by atoms with Crippen LogP contribution >= 0.6 is 0 Å². The first-order valence-electron chi connectivity index (χ1n) is 6.80. The highest BCUT2D eigenvalue weighted by molar-refractivity contribution is 5.97. The molecule has 0 unspecified atom stereocenters. The molecule has 8 heteroatoms. The van der Waals surface area contributed by atoms with Crippen LogP contribution < -0.4 is 0 Å². The molecule has 0 aliphatic heterocycles. The first kappa shape index (κ1) is 16.3. The van der Waals surface area contributed by atoms with E-state index in [-0.39, 0.29) is 5.56 Å². The highest BCUT2D eigenvalue weighted by atomic mass is 19.4. The van der Waals surface area contributed by atoms with Crippen molar-refractivity contribution in [3.8, 4) is 0 Å². The summed E-state index contributed by atoms with van der Waals surface area (Å²) in [4.78, 5) is 25.7. The molecule has 1 aliphatic rings. The Morgan fingerprint density at radius 3 is 2.14 bits per heavy atom. The van der Waals surface area contributed by atoms with Crippen molar-refractivity contribution in [1.29, 1.82) is 0 Å². The molecular weight excluding hydrogens is 303 g/mol. The van der Waals surface area contributed by atoms with Crippen LogP contribution in [0.25, 0.3) is 0 Å². The number of pyridine rings is 1. The molecule has 0 spiro atoms. The van der Waals surface area contributed by atoms with Crippen molar-refractivity contribution < 1.29 is 33.0 Å². The summed E-state index contributed by atoms with van der Waals surface area (Å²) in [7, 11) is 0. The molecule has 0 saturated heterocycles. The fourth-order valence-electron chi connectivity index (χ4n) is 2.94. The van der Waals surface area contributed by atoms with Crippen LogP contribution in [0, 0.1) is 0 Å². The van der Waals surface area contributed by atoms with Gasteiger partial charge in [-0.2, -0.15) is 13.2 Å². The van der Waals surface area contributed by atoms with Crippen LogP contribution in [0.1, 0.15) is 70.0 Å². The molecule has 1 heterocycles. The van der Waals surface area contributed by atoms with Gasteiger partial charge in [0.25, 0.3) is 0 Å². The predicted octanol–water partition coefficient (Wildman–Crippen LogP) is 3.54. The molecular formula is C14H14F3NO4. The topological polar surface area (TPSA) is 87.5 Å². The second-order valence-electron chi connectivity index (χ2n) is 5.25. The van der Waals surface area contributed by atoms with E-state index in [9.17, 15) is 33.0 Å². The quantitative estimate of drug-likeness (QED) is 0.890. The third-order valence-corrected chi connectivity index (χ3v) is 3.85. The lowest BCUT2D eigenvalue weighted by molar-refractivity contribution is -0.141. The maximum atomic E-state index is 13.0. The monoisotopic (exact) mass is 317 g/mol. The van der Waals surface area contributed by atoms with Gasteiger partial charge in [-0.05, 0) is 24.3 Å². The first-order valence-corrected chi connectivity index (χ1v) is 6.80. The number of alkyl halides is 3. The molecule has 0 amide bonds. The minimum absolute atomic E-state index is 0.248. The number of carboxylic acid groups (broad SMARTS) is 2. The van der Waals surface area contributed by atoms with E-state index < -0.39 is 40.9 Å². The van der Waals surface area contributed by atoms with Gasteiger partial charge in [0.15, 0.2) is 5.69 Å². The van der Waals surface area contributed by atoms with Gasteiger partial charge in [0.2, 0.25) is 0 Å². The fourth-order valence-corrected chi connectivity index (χ4v) is 2.94. The van der Waals surface area contributed by atoms with E-state index in [2.05, 4.69) is 4.98 Å². The van der Waals surface area contributed by atoms with Gasteiger partial charge in [-0.3, -0.25) is 4.98 Å². The van der Waals surface area contributed by atoms with E-state index in [1.807, 2.05) is 0 Å². The molecule has 5 nitrogen and oxygen atoms in total. The van der Waals surface area contributed by atoms with Crippen LogP contribution in [-0.4, -0.2) is 27.1 Å². The van der Waals surface area contributed by atoms with Gasteiger partial charge in [0, 0.05) is 6.20 Å². The maximum Gasteiger partial charge on any atom is 0.434 e. The van der Waals surface area contributed by atoms with Crippen LogP contribution in [0.5, 0.6) is 0 Å². The van der Waals surface area contributed by atoms with Crippen LogP contribution in [0.3, 0.4) is 0 Å². The van der Waals surface area contributed by atoms with E-state index in [0.717, 1.165) is 19.3 Å². The molecule has 2 rings (SSSR count). The van der Waals surface area contributed by atoms with Crippen molar-refractivity contribution >= 4 is 11.9 Å². The molecule has 1 saturated carbocycles. The molecule has 0 aromatic carbocycles. The van der Waals surface area contributed by atoms with Crippen molar-refractivity contribution in [2.45, 2.75) is 44.2 Å². The Hall–Kier alpha value is -2.12. The number of carbonyl (C=O) groups is 2. The van der Waals surface area contributed by atoms with E-state index in [1.54, 1.807) is 0 Å². The molecule has 2 N–H and O–H groups in total. The van der Waals surface area contributed by atoms with Crippen molar-refractivity contribution in [3.05, 3.63) is 28.6 Å². The number of hydrogen-bond acceptors (Lipinski definition) is 3. The van der Waals surface area contributed by atoms with Crippen LogP contribution in [0.15, 0.2) is 6.20 Å². The molecule has 0 bridgehead atoms. The summed E-state index contributed by atoms with van der Waals surface area (Å²) in [6.45, 7) is 0. The molecule has 1 fully saturated rings. The minimum atomic E-state index is -4.95. The number of halogens is 3. The van der Waals surface area contributed by atoms with E-state index in [0.29, 0.717) is 19.0 Å². The third-order valence-electron chi connectivity index (χ3n) is 3.85. The Morgan fingerprint density at radius 2 is 1.68 bits per heavy atom. The number of hydrogen-bond donors (Lipinski definition) is 2. The second kappa shape index (κ2) is 5.94. The Kier molecular flexibility index (Phi) is 4.39. The largest absolute Gasteiger partial charge is 0.478 e. The van der Waals surface area contributed by atoms with Crippen LogP contribution in [0.4, 0.5) is 13.2 Å². The first-order chi connectivity index (χ1) is 10.2.